The molecule has 0 aromatic carbocycles. The molecule has 2 fully saturated rings. The standard InChI is InChI=1S/C16H31NO2/c1-13-5-7-15(8-6-13)19-11-9-14-4-3-10-16(14,12-18)17-2/h13-15,17-18H,3-12H2,1-2H3. The quantitative estimate of drug-likeness (QED) is 0.779. The molecule has 3 heteroatoms. The van der Waals surface area contributed by atoms with E-state index in [0.29, 0.717) is 12.0 Å². The van der Waals surface area contributed by atoms with Crippen molar-refractivity contribution >= 4 is 0 Å². The van der Waals surface area contributed by atoms with Crippen LogP contribution in [0.5, 0.6) is 0 Å². The first-order valence-corrected chi connectivity index (χ1v) is 8.11. The van der Waals surface area contributed by atoms with E-state index < -0.39 is 0 Å². The second-order valence-electron chi connectivity index (χ2n) is 6.69. The fraction of sp³-hybridized carbons (Fsp3) is 1.00. The molecule has 2 aliphatic carbocycles. The van der Waals surface area contributed by atoms with Crippen LogP contribution in [0.15, 0.2) is 0 Å². The van der Waals surface area contributed by atoms with E-state index in [1.165, 1.54) is 38.5 Å². The van der Waals surface area contributed by atoms with Gasteiger partial charge in [-0.1, -0.05) is 13.3 Å². The molecular weight excluding hydrogens is 238 g/mol. The molecule has 2 saturated carbocycles. The van der Waals surface area contributed by atoms with E-state index in [1.807, 2.05) is 7.05 Å². The van der Waals surface area contributed by atoms with Crippen molar-refractivity contribution in [2.24, 2.45) is 11.8 Å². The van der Waals surface area contributed by atoms with Crippen molar-refractivity contribution in [2.75, 3.05) is 20.3 Å². The highest BCUT2D eigenvalue weighted by atomic mass is 16.5. The Hall–Kier alpha value is -0.120. The molecule has 2 aliphatic rings. The van der Waals surface area contributed by atoms with Gasteiger partial charge in [-0.05, 0) is 63.8 Å². The van der Waals surface area contributed by atoms with Crippen molar-refractivity contribution in [3.8, 4) is 0 Å². The average Bonchev–Trinajstić information content (AvgIpc) is 2.84. The minimum atomic E-state index is -0.0373. The molecule has 0 aromatic rings. The maximum absolute atomic E-state index is 9.66. The molecule has 112 valence electrons. The zero-order valence-electron chi connectivity index (χ0n) is 12.7. The summed E-state index contributed by atoms with van der Waals surface area (Å²) in [5.74, 6) is 1.46. The molecule has 0 saturated heterocycles. The lowest BCUT2D eigenvalue weighted by atomic mass is 9.85. The Balaban J connectivity index is 1.70. The number of hydrogen-bond donors (Lipinski definition) is 2. The van der Waals surface area contributed by atoms with Gasteiger partial charge >= 0.3 is 0 Å². The fourth-order valence-corrected chi connectivity index (χ4v) is 3.95. The maximum atomic E-state index is 9.66. The minimum absolute atomic E-state index is 0.0373. The average molecular weight is 269 g/mol. The van der Waals surface area contributed by atoms with Gasteiger partial charge in [0, 0.05) is 12.1 Å². The van der Waals surface area contributed by atoms with Crippen molar-refractivity contribution in [3.05, 3.63) is 0 Å². The molecule has 2 atom stereocenters. The first kappa shape index (κ1) is 15.3. The number of aliphatic hydroxyl groups is 1. The molecule has 0 heterocycles. The summed E-state index contributed by atoms with van der Waals surface area (Å²) < 4.78 is 6.07. The van der Waals surface area contributed by atoms with E-state index in [4.69, 9.17) is 4.74 Å². The Morgan fingerprint density at radius 3 is 2.58 bits per heavy atom. The third kappa shape index (κ3) is 3.71. The summed E-state index contributed by atoms with van der Waals surface area (Å²) in [6.45, 7) is 3.47. The fourth-order valence-electron chi connectivity index (χ4n) is 3.95. The van der Waals surface area contributed by atoms with Crippen LogP contribution in [0.4, 0.5) is 0 Å². The molecule has 0 spiro atoms. The summed E-state index contributed by atoms with van der Waals surface area (Å²) in [4.78, 5) is 0. The number of aliphatic hydroxyl groups excluding tert-OH is 1. The highest BCUT2D eigenvalue weighted by Crippen LogP contribution is 2.37. The van der Waals surface area contributed by atoms with Gasteiger partial charge in [0.25, 0.3) is 0 Å². The van der Waals surface area contributed by atoms with Crippen LogP contribution in [-0.4, -0.2) is 37.0 Å². The van der Waals surface area contributed by atoms with Crippen molar-refractivity contribution in [1.29, 1.82) is 0 Å². The van der Waals surface area contributed by atoms with Crippen LogP contribution in [-0.2, 0) is 4.74 Å². The normalized spacial score (nSPS) is 39.6. The molecule has 0 amide bonds. The lowest BCUT2D eigenvalue weighted by molar-refractivity contribution is 0.00569. The zero-order chi connectivity index (χ0) is 13.7. The van der Waals surface area contributed by atoms with Gasteiger partial charge in [-0.3, -0.25) is 0 Å². The van der Waals surface area contributed by atoms with Gasteiger partial charge in [0.1, 0.15) is 0 Å². The van der Waals surface area contributed by atoms with E-state index in [1.54, 1.807) is 0 Å². The van der Waals surface area contributed by atoms with Crippen molar-refractivity contribution < 1.29 is 9.84 Å². The van der Waals surface area contributed by atoms with E-state index >= 15 is 0 Å². The number of rotatable bonds is 6. The Kier molecular flexibility index (Phi) is 5.67. The lowest BCUT2D eigenvalue weighted by Crippen LogP contribution is -2.49. The van der Waals surface area contributed by atoms with E-state index in [0.717, 1.165) is 25.4 Å². The molecule has 0 aliphatic heterocycles. The van der Waals surface area contributed by atoms with Gasteiger partial charge in [0.15, 0.2) is 0 Å². The molecule has 0 bridgehead atoms. The molecular formula is C16H31NO2. The van der Waals surface area contributed by atoms with Gasteiger partial charge in [-0.25, -0.2) is 0 Å². The molecule has 3 nitrogen and oxygen atoms in total. The number of nitrogens with one attached hydrogen (secondary N) is 1. The van der Waals surface area contributed by atoms with Gasteiger partial charge < -0.3 is 15.2 Å². The summed E-state index contributed by atoms with van der Waals surface area (Å²) in [7, 11) is 1.98. The molecule has 19 heavy (non-hydrogen) atoms. The number of likely N-dealkylation sites (N-methyl/N-ethyl adjacent to an activating group) is 1. The zero-order valence-corrected chi connectivity index (χ0v) is 12.7. The SMILES string of the molecule is CNC1(CO)CCCC1CCOC1CCC(C)CC1. The highest BCUT2D eigenvalue weighted by Gasteiger charge is 2.40. The molecule has 2 rings (SSSR count). The first-order valence-electron chi connectivity index (χ1n) is 8.11. The first-order chi connectivity index (χ1) is 9.20. The summed E-state index contributed by atoms with van der Waals surface area (Å²) in [6.07, 6.45) is 10.3. The second-order valence-corrected chi connectivity index (χ2v) is 6.69. The largest absolute Gasteiger partial charge is 0.394 e. The van der Waals surface area contributed by atoms with Gasteiger partial charge in [-0.2, -0.15) is 0 Å². The van der Waals surface area contributed by atoms with E-state index in [2.05, 4.69) is 12.2 Å². The summed E-state index contributed by atoms with van der Waals surface area (Å²) in [6, 6.07) is 0. The second kappa shape index (κ2) is 7.05. The van der Waals surface area contributed by atoms with Crippen LogP contribution in [0.3, 0.4) is 0 Å². The number of hydrogen-bond acceptors (Lipinski definition) is 3. The van der Waals surface area contributed by atoms with Crippen LogP contribution in [0.1, 0.15) is 58.3 Å². The van der Waals surface area contributed by atoms with Crippen molar-refractivity contribution in [3.63, 3.8) is 0 Å². The highest BCUT2D eigenvalue weighted by molar-refractivity contribution is 4.97. The number of ether oxygens (including phenoxy) is 1. The summed E-state index contributed by atoms with van der Waals surface area (Å²) in [5.41, 5.74) is -0.0373. The topological polar surface area (TPSA) is 41.5 Å². The molecule has 2 unspecified atom stereocenters. The van der Waals surface area contributed by atoms with Gasteiger partial charge in [0.2, 0.25) is 0 Å². The van der Waals surface area contributed by atoms with E-state index in [9.17, 15) is 5.11 Å². The molecule has 0 aromatic heterocycles. The van der Waals surface area contributed by atoms with Crippen molar-refractivity contribution in [1.82, 2.24) is 5.32 Å². The lowest BCUT2D eigenvalue weighted by Gasteiger charge is -2.34. The molecule has 0 radical (unpaired) electrons. The van der Waals surface area contributed by atoms with Crippen LogP contribution >= 0.6 is 0 Å². The predicted octanol–water partition coefficient (Wildman–Crippen LogP) is 2.72. The smallest absolute Gasteiger partial charge is 0.0615 e. The van der Waals surface area contributed by atoms with Crippen LogP contribution < -0.4 is 5.32 Å². The summed E-state index contributed by atoms with van der Waals surface area (Å²) in [5, 5.41) is 13.0. The summed E-state index contributed by atoms with van der Waals surface area (Å²) >= 11 is 0. The van der Waals surface area contributed by atoms with E-state index in [-0.39, 0.29) is 12.1 Å². The predicted molar refractivity (Wildman–Crippen MR) is 78.2 cm³/mol. The Bertz CT molecular complexity index is 257. The monoisotopic (exact) mass is 269 g/mol. The third-order valence-corrected chi connectivity index (χ3v) is 5.52. The Labute approximate surface area is 118 Å². The van der Waals surface area contributed by atoms with Crippen molar-refractivity contribution in [2.45, 2.75) is 69.9 Å². The van der Waals surface area contributed by atoms with Crippen LogP contribution in [0, 0.1) is 11.8 Å². The van der Waals surface area contributed by atoms with Gasteiger partial charge in [0.05, 0.1) is 12.7 Å². The van der Waals surface area contributed by atoms with Gasteiger partial charge in [-0.15, -0.1) is 0 Å². The Morgan fingerprint density at radius 2 is 1.95 bits per heavy atom. The van der Waals surface area contributed by atoms with Crippen LogP contribution in [0.25, 0.3) is 0 Å². The minimum Gasteiger partial charge on any atom is -0.394 e. The molecule has 2 N–H and O–H groups in total. The Morgan fingerprint density at radius 1 is 1.21 bits per heavy atom. The van der Waals surface area contributed by atoms with Crippen LogP contribution in [0.2, 0.25) is 0 Å². The third-order valence-electron chi connectivity index (χ3n) is 5.52. The maximum Gasteiger partial charge on any atom is 0.0615 e.